The van der Waals surface area contributed by atoms with Crippen LogP contribution in [0.5, 0.6) is 0 Å². The third kappa shape index (κ3) is 3.52. The van der Waals surface area contributed by atoms with E-state index in [0.717, 1.165) is 42.3 Å². The highest BCUT2D eigenvalue weighted by molar-refractivity contribution is 5.66. The van der Waals surface area contributed by atoms with E-state index < -0.39 is 0 Å². The second-order valence-corrected chi connectivity index (χ2v) is 6.30. The number of nitrogens with zero attached hydrogens (tertiary/aromatic N) is 3. The molecule has 0 radical (unpaired) electrons. The smallest absolute Gasteiger partial charge is 0.135 e. The lowest BCUT2D eigenvalue weighted by Crippen LogP contribution is -2.37. The zero-order valence-electron chi connectivity index (χ0n) is 14.3. The Morgan fingerprint density at radius 1 is 1.15 bits per heavy atom. The number of benzene rings is 1. The molecule has 0 unspecified atom stereocenters. The molecule has 0 N–H and O–H groups in total. The Kier molecular flexibility index (Phi) is 4.78. The second kappa shape index (κ2) is 7.52. The molecule has 1 aliphatic heterocycles. The van der Waals surface area contributed by atoms with Crippen molar-refractivity contribution in [1.29, 1.82) is 5.26 Å². The molecular weight excluding hydrogens is 326 g/mol. The summed E-state index contributed by atoms with van der Waals surface area (Å²) in [6.07, 6.45) is 3.66. The lowest BCUT2D eigenvalue weighted by Gasteiger charge is -2.32. The molecule has 1 aliphatic rings. The lowest BCUT2D eigenvalue weighted by atomic mass is 10.1. The average molecular weight is 345 g/mol. The molecule has 5 heteroatoms. The summed E-state index contributed by atoms with van der Waals surface area (Å²) in [6, 6.07) is 17.6. The maximum absolute atomic E-state index is 9.27. The van der Waals surface area contributed by atoms with Gasteiger partial charge in [0, 0.05) is 36.6 Å². The van der Waals surface area contributed by atoms with Gasteiger partial charge in [-0.05, 0) is 30.3 Å². The standard InChI is InChI=1S/C21H19N3O2/c22-12-16-4-1-2-6-19(16)20-8-7-18(26-20)14-24-10-11-25-21(15-24)17-5-3-9-23-13-17/h1-9,13,21H,10-11,14-15H2/t21-/m1/s1. The summed E-state index contributed by atoms with van der Waals surface area (Å²) >= 11 is 0. The molecular formula is C21H19N3O2. The van der Waals surface area contributed by atoms with Gasteiger partial charge in [-0.1, -0.05) is 18.2 Å². The van der Waals surface area contributed by atoms with Crippen LogP contribution in [0, 0.1) is 11.3 Å². The molecule has 130 valence electrons. The van der Waals surface area contributed by atoms with Crippen molar-refractivity contribution in [3.8, 4) is 17.4 Å². The van der Waals surface area contributed by atoms with Crippen molar-refractivity contribution in [3.05, 3.63) is 77.8 Å². The van der Waals surface area contributed by atoms with Crippen LogP contribution in [0.2, 0.25) is 0 Å². The number of hydrogen-bond acceptors (Lipinski definition) is 5. The van der Waals surface area contributed by atoms with Gasteiger partial charge in [0.2, 0.25) is 0 Å². The van der Waals surface area contributed by atoms with Crippen LogP contribution in [0.1, 0.15) is 23.0 Å². The number of furan rings is 1. The minimum atomic E-state index is 0.0335. The molecule has 0 amide bonds. The van der Waals surface area contributed by atoms with Crippen LogP contribution in [-0.2, 0) is 11.3 Å². The van der Waals surface area contributed by atoms with Gasteiger partial charge in [0.1, 0.15) is 11.5 Å². The number of ether oxygens (including phenoxy) is 1. The molecule has 0 aliphatic carbocycles. The largest absolute Gasteiger partial charge is 0.460 e. The van der Waals surface area contributed by atoms with Crippen LogP contribution in [-0.4, -0.2) is 29.6 Å². The number of aromatic nitrogens is 1. The molecule has 1 saturated heterocycles. The van der Waals surface area contributed by atoms with Crippen molar-refractivity contribution in [2.24, 2.45) is 0 Å². The Bertz CT molecular complexity index is 914. The number of hydrogen-bond donors (Lipinski definition) is 0. The zero-order valence-corrected chi connectivity index (χ0v) is 14.3. The number of rotatable bonds is 4. The van der Waals surface area contributed by atoms with E-state index in [0.29, 0.717) is 12.2 Å². The highest BCUT2D eigenvalue weighted by Crippen LogP contribution is 2.27. The van der Waals surface area contributed by atoms with E-state index in [4.69, 9.17) is 9.15 Å². The average Bonchev–Trinajstić information content (AvgIpc) is 3.17. The van der Waals surface area contributed by atoms with E-state index in [1.807, 2.05) is 48.7 Å². The SMILES string of the molecule is N#Cc1ccccc1-c1ccc(CN2CCO[C@@H](c3cccnc3)C2)o1. The van der Waals surface area contributed by atoms with Crippen molar-refractivity contribution in [2.75, 3.05) is 19.7 Å². The van der Waals surface area contributed by atoms with E-state index in [-0.39, 0.29) is 6.10 Å². The first-order chi connectivity index (χ1) is 12.8. The maximum atomic E-state index is 9.27. The first kappa shape index (κ1) is 16.5. The minimum absolute atomic E-state index is 0.0335. The fourth-order valence-corrected chi connectivity index (χ4v) is 3.24. The van der Waals surface area contributed by atoms with Gasteiger partial charge in [0.15, 0.2) is 0 Å². The van der Waals surface area contributed by atoms with Crippen LogP contribution >= 0.6 is 0 Å². The summed E-state index contributed by atoms with van der Waals surface area (Å²) in [5, 5.41) is 9.27. The lowest BCUT2D eigenvalue weighted by molar-refractivity contribution is -0.0347. The summed E-state index contributed by atoms with van der Waals surface area (Å²) in [6.45, 7) is 3.07. The van der Waals surface area contributed by atoms with E-state index in [9.17, 15) is 5.26 Å². The highest BCUT2D eigenvalue weighted by atomic mass is 16.5. The molecule has 0 saturated carbocycles. The van der Waals surface area contributed by atoms with Crippen LogP contribution in [0.3, 0.4) is 0 Å². The van der Waals surface area contributed by atoms with Gasteiger partial charge in [-0.2, -0.15) is 5.26 Å². The predicted octanol–water partition coefficient (Wildman–Crippen LogP) is 3.79. The molecule has 26 heavy (non-hydrogen) atoms. The Morgan fingerprint density at radius 3 is 2.92 bits per heavy atom. The topological polar surface area (TPSA) is 62.3 Å². The second-order valence-electron chi connectivity index (χ2n) is 6.30. The molecule has 1 fully saturated rings. The first-order valence-electron chi connectivity index (χ1n) is 8.65. The number of nitriles is 1. The summed E-state index contributed by atoms with van der Waals surface area (Å²) in [4.78, 5) is 6.50. The Labute approximate surface area is 152 Å². The molecule has 0 bridgehead atoms. The van der Waals surface area contributed by atoms with Crippen molar-refractivity contribution < 1.29 is 9.15 Å². The molecule has 1 aromatic carbocycles. The maximum Gasteiger partial charge on any atom is 0.135 e. The van der Waals surface area contributed by atoms with Gasteiger partial charge in [-0.15, -0.1) is 0 Å². The van der Waals surface area contributed by atoms with Gasteiger partial charge in [-0.25, -0.2) is 0 Å². The third-order valence-electron chi connectivity index (χ3n) is 4.56. The molecule has 5 nitrogen and oxygen atoms in total. The summed E-state index contributed by atoms with van der Waals surface area (Å²) in [5.41, 5.74) is 2.55. The van der Waals surface area contributed by atoms with E-state index >= 15 is 0 Å². The highest BCUT2D eigenvalue weighted by Gasteiger charge is 2.23. The third-order valence-corrected chi connectivity index (χ3v) is 4.56. The van der Waals surface area contributed by atoms with Gasteiger partial charge in [-0.3, -0.25) is 9.88 Å². The molecule has 4 rings (SSSR count). The number of pyridine rings is 1. The normalized spacial score (nSPS) is 17.7. The van der Waals surface area contributed by atoms with Gasteiger partial charge < -0.3 is 9.15 Å². The van der Waals surface area contributed by atoms with Crippen molar-refractivity contribution >= 4 is 0 Å². The predicted molar refractivity (Wildman–Crippen MR) is 97.1 cm³/mol. The summed E-state index contributed by atoms with van der Waals surface area (Å²) in [5.74, 6) is 1.62. The summed E-state index contributed by atoms with van der Waals surface area (Å²) in [7, 11) is 0. The monoisotopic (exact) mass is 345 g/mol. The van der Waals surface area contributed by atoms with Crippen LogP contribution < -0.4 is 0 Å². The van der Waals surface area contributed by atoms with Gasteiger partial charge >= 0.3 is 0 Å². The van der Waals surface area contributed by atoms with Gasteiger partial charge in [0.05, 0.1) is 30.9 Å². The fraction of sp³-hybridized carbons (Fsp3) is 0.238. The summed E-state index contributed by atoms with van der Waals surface area (Å²) < 4.78 is 11.9. The fourth-order valence-electron chi connectivity index (χ4n) is 3.24. The van der Waals surface area contributed by atoms with Crippen molar-refractivity contribution in [2.45, 2.75) is 12.6 Å². The van der Waals surface area contributed by atoms with Crippen molar-refractivity contribution in [3.63, 3.8) is 0 Å². The zero-order chi connectivity index (χ0) is 17.8. The molecule has 0 spiro atoms. The Balaban J connectivity index is 1.47. The van der Waals surface area contributed by atoms with Crippen LogP contribution in [0.15, 0.2) is 65.3 Å². The van der Waals surface area contributed by atoms with Gasteiger partial charge in [0.25, 0.3) is 0 Å². The minimum Gasteiger partial charge on any atom is -0.460 e. The quantitative estimate of drug-likeness (QED) is 0.720. The number of morpholine rings is 1. The Hall–Kier alpha value is -2.94. The molecule has 1 atom stereocenters. The van der Waals surface area contributed by atoms with E-state index in [1.54, 1.807) is 12.3 Å². The van der Waals surface area contributed by atoms with E-state index in [2.05, 4.69) is 16.0 Å². The first-order valence-corrected chi connectivity index (χ1v) is 8.65. The molecule has 2 aromatic heterocycles. The van der Waals surface area contributed by atoms with Crippen LogP contribution in [0.4, 0.5) is 0 Å². The van der Waals surface area contributed by atoms with Crippen LogP contribution in [0.25, 0.3) is 11.3 Å². The van der Waals surface area contributed by atoms with E-state index in [1.165, 1.54) is 0 Å². The van der Waals surface area contributed by atoms with Crippen molar-refractivity contribution in [1.82, 2.24) is 9.88 Å². The molecule has 3 heterocycles. The molecule has 3 aromatic rings. The Morgan fingerprint density at radius 2 is 2.08 bits per heavy atom.